The summed E-state index contributed by atoms with van der Waals surface area (Å²) in [6, 6.07) is 8.28. The number of hydrogen-bond donors (Lipinski definition) is 6. The maximum absolute atomic E-state index is 12.6. The maximum atomic E-state index is 12.6. The summed E-state index contributed by atoms with van der Waals surface area (Å²) < 4.78 is 15.0. The number of ether oxygens (including phenoxy) is 2. The molecule has 0 atom stereocenters. The van der Waals surface area contributed by atoms with Crippen molar-refractivity contribution in [3.05, 3.63) is 36.1 Å². The number of benzene rings is 2. The number of hydrogen-bond acceptors (Lipinski definition) is 10. The summed E-state index contributed by atoms with van der Waals surface area (Å²) in [4.78, 5) is 62.4. The molecule has 0 bridgehead atoms. The fraction of sp³-hybridized carbons (Fsp3) is 0.433. The van der Waals surface area contributed by atoms with Crippen LogP contribution < -0.4 is 31.1 Å². The standard InChI is InChI=1S/C30H40N6O10/c1-19(37)23-18-22-24(35(29(40)41)16-6-10-31-12-14-33-27(38)44-2)20-8-4-5-9-21(20)25(26(22)46-23)36(30(42)43)17-7-11-32-13-15-34-28(39)45-3/h4-5,8-9,18,31-32H,6-7,10-17H2,1-3H3,(H,33,38)(H,34,39)(H,40,41)(H,42,43). The van der Waals surface area contributed by atoms with Crippen molar-refractivity contribution in [2.75, 3.05) is 76.4 Å². The monoisotopic (exact) mass is 644 g/mol. The van der Waals surface area contributed by atoms with Gasteiger partial charge in [0, 0.05) is 62.4 Å². The molecule has 3 rings (SSSR count). The number of rotatable bonds is 17. The Morgan fingerprint density at radius 3 is 1.65 bits per heavy atom. The second kappa shape index (κ2) is 17.4. The lowest BCUT2D eigenvalue weighted by Gasteiger charge is -2.26. The summed E-state index contributed by atoms with van der Waals surface area (Å²) in [6.07, 6.45) is -2.79. The van der Waals surface area contributed by atoms with Crippen LogP contribution in [0.25, 0.3) is 21.7 Å². The van der Waals surface area contributed by atoms with Gasteiger partial charge in [-0.25, -0.2) is 19.2 Å². The highest BCUT2D eigenvalue weighted by molar-refractivity contribution is 6.23. The van der Waals surface area contributed by atoms with Gasteiger partial charge in [-0.2, -0.15) is 0 Å². The Morgan fingerprint density at radius 1 is 0.717 bits per heavy atom. The number of nitrogens with zero attached hydrogens (tertiary/aromatic N) is 2. The topological polar surface area (TPSA) is 212 Å². The molecule has 0 unspecified atom stereocenters. The first-order chi connectivity index (χ1) is 22.1. The number of fused-ring (bicyclic) bond motifs is 2. The van der Waals surface area contributed by atoms with E-state index in [0.717, 1.165) is 4.90 Å². The minimum atomic E-state index is -1.25. The number of furan rings is 1. The number of anilines is 2. The fourth-order valence-corrected chi connectivity index (χ4v) is 4.87. The third-order valence-electron chi connectivity index (χ3n) is 6.97. The van der Waals surface area contributed by atoms with E-state index in [1.54, 1.807) is 24.3 Å². The second-order valence-corrected chi connectivity index (χ2v) is 10.1. The Morgan fingerprint density at radius 2 is 1.20 bits per heavy atom. The molecule has 0 fully saturated rings. The van der Waals surface area contributed by atoms with Crippen LogP contribution in [-0.4, -0.2) is 107 Å². The van der Waals surface area contributed by atoms with Crippen molar-refractivity contribution in [2.24, 2.45) is 0 Å². The van der Waals surface area contributed by atoms with Crippen molar-refractivity contribution < 1.29 is 48.1 Å². The van der Waals surface area contributed by atoms with E-state index < -0.39 is 30.2 Å². The average molecular weight is 645 g/mol. The van der Waals surface area contributed by atoms with E-state index in [-0.39, 0.29) is 41.2 Å². The quantitative estimate of drug-likeness (QED) is 0.0709. The van der Waals surface area contributed by atoms with E-state index in [2.05, 4.69) is 30.7 Å². The van der Waals surface area contributed by atoms with E-state index >= 15 is 0 Å². The number of amides is 4. The van der Waals surface area contributed by atoms with Crippen molar-refractivity contribution in [3.63, 3.8) is 0 Å². The van der Waals surface area contributed by atoms with Gasteiger partial charge in [-0.15, -0.1) is 0 Å². The molecule has 0 aliphatic heterocycles. The molecule has 0 saturated carbocycles. The van der Waals surface area contributed by atoms with Crippen LogP contribution in [0.15, 0.2) is 34.7 Å². The zero-order valence-corrected chi connectivity index (χ0v) is 26.0. The summed E-state index contributed by atoms with van der Waals surface area (Å²) in [5.41, 5.74) is 0.553. The highest BCUT2D eigenvalue weighted by Crippen LogP contribution is 2.45. The van der Waals surface area contributed by atoms with E-state index in [1.807, 2.05) is 0 Å². The van der Waals surface area contributed by atoms with E-state index in [9.17, 15) is 34.2 Å². The predicted molar refractivity (Wildman–Crippen MR) is 170 cm³/mol. The summed E-state index contributed by atoms with van der Waals surface area (Å²) in [6.45, 7) is 3.84. The van der Waals surface area contributed by atoms with Crippen LogP contribution in [0.3, 0.4) is 0 Å². The first-order valence-corrected chi connectivity index (χ1v) is 14.7. The highest BCUT2D eigenvalue weighted by Gasteiger charge is 2.29. The van der Waals surface area contributed by atoms with Crippen LogP contribution in [-0.2, 0) is 9.47 Å². The molecule has 46 heavy (non-hydrogen) atoms. The van der Waals surface area contributed by atoms with Gasteiger partial charge in [0.15, 0.2) is 17.1 Å². The molecule has 6 N–H and O–H groups in total. The molecule has 16 nitrogen and oxygen atoms in total. The molecule has 0 spiro atoms. The first kappa shape index (κ1) is 35.4. The van der Waals surface area contributed by atoms with Gasteiger partial charge in [-0.05, 0) is 32.0 Å². The number of carbonyl (C=O) groups is 5. The molecule has 1 heterocycles. The van der Waals surface area contributed by atoms with Crippen LogP contribution in [0.5, 0.6) is 0 Å². The zero-order valence-electron chi connectivity index (χ0n) is 26.0. The van der Waals surface area contributed by atoms with Gasteiger partial charge in [0.1, 0.15) is 0 Å². The molecule has 1 aromatic heterocycles. The number of carboxylic acid groups (broad SMARTS) is 2. The lowest BCUT2D eigenvalue weighted by Crippen LogP contribution is -2.35. The Labute approximate surface area is 265 Å². The molecule has 250 valence electrons. The van der Waals surface area contributed by atoms with Crippen molar-refractivity contribution in [1.29, 1.82) is 0 Å². The molecule has 4 amide bonds. The van der Waals surface area contributed by atoms with Crippen molar-refractivity contribution >= 4 is 63.3 Å². The Hall–Kier alpha value is -5.09. The van der Waals surface area contributed by atoms with Gasteiger partial charge in [0.25, 0.3) is 0 Å². The van der Waals surface area contributed by atoms with Crippen molar-refractivity contribution in [3.8, 4) is 0 Å². The van der Waals surface area contributed by atoms with Crippen LogP contribution in [0.2, 0.25) is 0 Å². The summed E-state index contributed by atoms with van der Waals surface area (Å²) in [7, 11) is 2.54. The molecule has 0 aliphatic rings. The van der Waals surface area contributed by atoms with Gasteiger partial charge >= 0.3 is 24.4 Å². The molecule has 0 saturated heterocycles. The van der Waals surface area contributed by atoms with Gasteiger partial charge in [0.05, 0.1) is 25.6 Å². The average Bonchev–Trinajstić information content (AvgIpc) is 3.48. The normalized spacial score (nSPS) is 10.8. The van der Waals surface area contributed by atoms with Gasteiger partial charge in [0.2, 0.25) is 0 Å². The summed E-state index contributed by atoms with van der Waals surface area (Å²) >= 11 is 0. The van der Waals surface area contributed by atoms with Crippen LogP contribution >= 0.6 is 0 Å². The fourth-order valence-electron chi connectivity index (χ4n) is 4.87. The Bertz CT molecular complexity index is 1440. The second-order valence-electron chi connectivity index (χ2n) is 10.1. The third kappa shape index (κ3) is 9.21. The lowest BCUT2D eigenvalue weighted by molar-refractivity contribution is 0.0989. The van der Waals surface area contributed by atoms with Gasteiger partial charge < -0.3 is 45.4 Å². The third-order valence-corrected chi connectivity index (χ3v) is 6.97. The van der Waals surface area contributed by atoms with Crippen LogP contribution in [0, 0.1) is 0 Å². The minimum Gasteiger partial charge on any atom is -0.465 e. The molecule has 3 aromatic rings. The van der Waals surface area contributed by atoms with Crippen molar-refractivity contribution in [2.45, 2.75) is 19.8 Å². The Kier molecular flexibility index (Phi) is 13.4. The number of carbonyl (C=O) groups excluding carboxylic acids is 3. The number of methoxy groups -OCH3 is 2. The van der Waals surface area contributed by atoms with E-state index in [0.29, 0.717) is 62.9 Å². The molecule has 0 aliphatic carbocycles. The summed E-state index contributed by atoms with van der Waals surface area (Å²) in [5.74, 6) is -0.446. The van der Waals surface area contributed by atoms with Gasteiger partial charge in [-0.3, -0.25) is 14.6 Å². The number of ketones is 1. The predicted octanol–water partition coefficient (Wildman–Crippen LogP) is 3.43. The molecular weight excluding hydrogens is 604 g/mol. The maximum Gasteiger partial charge on any atom is 0.411 e. The van der Waals surface area contributed by atoms with E-state index in [1.165, 1.54) is 32.1 Å². The SMILES string of the molecule is COC(=O)NCCNCCCN(C(=O)O)c1c2ccccc2c(N(CCCNCCNC(=O)OC)C(=O)O)c2oc(C(C)=O)cc12. The molecule has 16 heteroatoms. The number of Topliss-reactive ketones (excluding diaryl/α,β-unsaturated/α-hetero) is 1. The van der Waals surface area contributed by atoms with Gasteiger partial charge in [-0.1, -0.05) is 24.3 Å². The molecule has 2 aromatic carbocycles. The molecule has 0 radical (unpaired) electrons. The minimum absolute atomic E-state index is 0.0389. The zero-order chi connectivity index (χ0) is 33.6. The lowest BCUT2D eigenvalue weighted by atomic mass is 10.0. The van der Waals surface area contributed by atoms with Crippen molar-refractivity contribution in [1.82, 2.24) is 21.3 Å². The highest BCUT2D eigenvalue weighted by atomic mass is 16.5. The largest absolute Gasteiger partial charge is 0.465 e. The smallest absolute Gasteiger partial charge is 0.411 e. The van der Waals surface area contributed by atoms with E-state index in [4.69, 9.17) is 4.42 Å². The van der Waals surface area contributed by atoms with Crippen LogP contribution in [0.4, 0.5) is 30.6 Å². The Balaban J connectivity index is 1.93. The summed E-state index contributed by atoms with van der Waals surface area (Å²) in [5, 5.41) is 33.1. The first-order valence-electron chi connectivity index (χ1n) is 14.7. The molecular formula is C30H40N6O10. The number of nitrogens with one attached hydrogen (secondary N) is 4. The van der Waals surface area contributed by atoms with Crippen LogP contribution in [0.1, 0.15) is 30.3 Å². The number of alkyl carbamates (subject to hydrolysis) is 2.